The molecule has 0 amide bonds. The Morgan fingerprint density at radius 2 is 1.36 bits per heavy atom. The predicted molar refractivity (Wildman–Crippen MR) is 135 cm³/mol. The molecule has 1 aromatic heterocycles. The third-order valence-electron chi connectivity index (χ3n) is 5.05. The normalized spacial score (nSPS) is 10.9. The van der Waals surface area contributed by atoms with E-state index in [0.29, 0.717) is 5.58 Å². The van der Waals surface area contributed by atoms with Crippen LogP contribution in [-0.4, -0.2) is 13.0 Å². The number of fused-ring (bicyclic) bond motifs is 1. The van der Waals surface area contributed by atoms with Gasteiger partial charge >= 0.3 is 30.4 Å². The highest BCUT2D eigenvalue weighted by atomic mass is 127. The molecule has 0 fully saturated rings. The van der Waals surface area contributed by atoms with Gasteiger partial charge in [0.05, 0.1) is 4.90 Å². The van der Waals surface area contributed by atoms with E-state index in [-0.39, 0.29) is 10.5 Å². The van der Waals surface area contributed by atoms with E-state index in [2.05, 4.69) is 17.4 Å². The highest BCUT2D eigenvalue weighted by Gasteiger charge is 2.28. The van der Waals surface area contributed by atoms with Gasteiger partial charge in [-0.2, -0.15) is 0 Å². The van der Waals surface area contributed by atoms with Gasteiger partial charge in [0.25, 0.3) is 0 Å². The Morgan fingerprint density at radius 3 is 2.00 bits per heavy atom. The van der Waals surface area contributed by atoms with Gasteiger partial charge < -0.3 is 14.3 Å². The van der Waals surface area contributed by atoms with Crippen LogP contribution < -0.4 is 32.1 Å². The summed E-state index contributed by atoms with van der Waals surface area (Å²) in [6.07, 6.45) is 0. The second-order valence-electron chi connectivity index (χ2n) is 7.72. The molecule has 6 nitrogen and oxygen atoms in total. The van der Waals surface area contributed by atoms with Crippen molar-refractivity contribution in [3.63, 3.8) is 0 Å². The number of benzene rings is 4. The zero-order chi connectivity index (χ0) is 25.5. The summed E-state index contributed by atoms with van der Waals surface area (Å²) in [7, 11) is -4.27. The van der Waals surface area contributed by atoms with Gasteiger partial charge in [-0.25, -0.2) is 13.2 Å². The van der Waals surface area contributed by atoms with Crippen LogP contribution >= 0.6 is 0 Å². The van der Waals surface area contributed by atoms with Crippen molar-refractivity contribution in [3.8, 4) is 0 Å². The largest absolute Gasteiger partial charge is 0.744 e. The Kier molecular flexibility index (Phi) is 8.19. The van der Waals surface area contributed by atoms with Gasteiger partial charge in [-0.05, 0) is 55.5 Å². The quantitative estimate of drug-likeness (QED) is 0.187. The molecular formula is C28H22INO5S. The van der Waals surface area contributed by atoms with Crippen LogP contribution in [0.4, 0.5) is 11.4 Å². The van der Waals surface area contributed by atoms with Gasteiger partial charge in [0.2, 0.25) is 0 Å². The van der Waals surface area contributed by atoms with Crippen molar-refractivity contribution >= 4 is 32.5 Å². The molecule has 0 bridgehead atoms. The van der Waals surface area contributed by atoms with Crippen LogP contribution in [0.25, 0.3) is 11.0 Å². The van der Waals surface area contributed by atoms with Gasteiger partial charge in [-0.15, -0.1) is 0 Å². The summed E-state index contributed by atoms with van der Waals surface area (Å²) in [5.41, 5.74) is 3.09. The van der Waals surface area contributed by atoms with Crippen molar-refractivity contribution in [2.75, 3.05) is 5.32 Å². The molecule has 1 N–H and O–H groups in total. The lowest BCUT2D eigenvalue weighted by Crippen LogP contribution is -3.62. The van der Waals surface area contributed by atoms with Crippen molar-refractivity contribution in [1.82, 2.24) is 0 Å². The van der Waals surface area contributed by atoms with Crippen molar-refractivity contribution < 1.29 is 38.6 Å². The van der Waals surface area contributed by atoms with Gasteiger partial charge in [0, 0.05) is 11.1 Å². The molecule has 8 heteroatoms. The molecule has 0 aliphatic carbocycles. The maximum absolute atomic E-state index is 12.7. The van der Waals surface area contributed by atoms with Crippen LogP contribution in [-0.2, 0) is 10.1 Å². The molecule has 5 rings (SSSR count). The van der Waals surface area contributed by atoms with Gasteiger partial charge in [-0.3, -0.25) is 0 Å². The molecule has 0 radical (unpaired) electrons. The molecule has 182 valence electrons. The molecule has 0 spiro atoms. The second kappa shape index (κ2) is 11.5. The summed E-state index contributed by atoms with van der Waals surface area (Å²) in [6, 6.07) is 33.5. The van der Waals surface area contributed by atoms with Crippen LogP contribution in [0.15, 0.2) is 123 Å². The van der Waals surface area contributed by atoms with E-state index in [1.807, 2.05) is 79.7 Å². The first kappa shape index (κ1) is 25.6. The van der Waals surface area contributed by atoms with Gasteiger partial charge in [-0.1, -0.05) is 66.2 Å². The van der Waals surface area contributed by atoms with E-state index in [1.165, 1.54) is 15.7 Å². The fourth-order valence-corrected chi connectivity index (χ4v) is 6.19. The first-order valence-electron chi connectivity index (χ1n) is 10.9. The molecule has 0 saturated heterocycles. The number of para-hydroxylation sites is 2. The zero-order valence-corrected chi connectivity index (χ0v) is 22.2. The average Bonchev–Trinajstić information content (AvgIpc) is 2.87. The third kappa shape index (κ3) is 6.60. The minimum atomic E-state index is -4.27. The number of rotatable bonds is 5. The highest BCUT2D eigenvalue weighted by Crippen LogP contribution is 2.24. The molecule has 0 aliphatic heterocycles. The first-order valence-corrected chi connectivity index (χ1v) is 14.5. The lowest BCUT2D eigenvalue weighted by Gasteiger charge is -2.08. The summed E-state index contributed by atoms with van der Waals surface area (Å²) in [5, 5.41) is 4.37. The Hall–Kier alpha value is -3.47. The third-order valence-corrected chi connectivity index (χ3v) is 8.76. The Labute approximate surface area is 219 Å². The van der Waals surface area contributed by atoms with Gasteiger partial charge in [0.1, 0.15) is 21.4 Å². The Balaban J connectivity index is 0.000000233. The summed E-state index contributed by atoms with van der Waals surface area (Å²) < 4.78 is 38.7. The second-order valence-corrected chi connectivity index (χ2v) is 12.0. The van der Waals surface area contributed by atoms with Crippen LogP contribution in [0.2, 0.25) is 0 Å². The van der Waals surface area contributed by atoms with Crippen molar-refractivity contribution in [2.24, 2.45) is 0 Å². The molecule has 0 saturated carbocycles. The zero-order valence-electron chi connectivity index (χ0n) is 19.2. The Bertz CT molecular complexity index is 1620. The lowest BCUT2D eigenvalue weighted by molar-refractivity contribution is -0.598. The average molecular weight is 611 g/mol. The maximum Gasteiger partial charge on any atom is 0.393 e. The van der Waals surface area contributed by atoms with Crippen molar-refractivity contribution in [1.29, 1.82) is 0 Å². The smallest absolute Gasteiger partial charge is 0.393 e. The van der Waals surface area contributed by atoms with E-state index in [1.54, 1.807) is 12.1 Å². The number of anilines is 2. The SMILES string of the molecule is Cc1ccc(S(=O)(=O)[O-])cc1.O=c1oc2ccccc2c(Nc2ccccc2)c1[I+]c1ccccc1. The molecule has 0 atom stereocenters. The van der Waals surface area contributed by atoms with E-state index >= 15 is 0 Å². The number of hydrogen-bond acceptors (Lipinski definition) is 6. The lowest BCUT2D eigenvalue weighted by atomic mass is 10.2. The minimum Gasteiger partial charge on any atom is -0.744 e. The van der Waals surface area contributed by atoms with E-state index < -0.39 is 31.3 Å². The maximum atomic E-state index is 12.7. The molecule has 0 aliphatic rings. The monoisotopic (exact) mass is 611 g/mol. The fourth-order valence-electron chi connectivity index (χ4n) is 3.29. The first-order chi connectivity index (χ1) is 17.3. The minimum absolute atomic E-state index is 0.178. The van der Waals surface area contributed by atoms with Crippen LogP contribution in [0.3, 0.4) is 0 Å². The van der Waals surface area contributed by atoms with Gasteiger partial charge in [0.15, 0.2) is 3.57 Å². The molecule has 1 heterocycles. The standard InChI is InChI=1S/C21H14INO2.C7H8O3S/c24-21-19(22-15-9-3-1-4-10-15)20(23-16-11-5-2-6-12-16)17-13-7-8-14-18(17)25-21;1-6-2-4-7(5-3-6)11(8,9)10/h1-14H;2-5H,1H3,(H,8,9,10). The summed E-state index contributed by atoms with van der Waals surface area (Å²) >= 11 is -0.657. The van der Waals surface area contributed by atoms with E-state index in [9.17, 15) is 17.8 Å². The topological polar surface area (TPSA) is 99.4 Å². The molecule has 4 aromatic carbocycles. The Morgan fingerprint density at radius 1 is 0.778 bits per heavy atom. The van der Waals surface area contributed by atoms with Crippen LogP contribution in [0.1, 0.15) is 5.56 Å². The molecule has 5 aromatic rings. The number of hydrogen-bond donors (Lipinski definition) is 1. The summed E-state index contributed by atoms with van der Waals surface area (Å²) in [6.45, 7) is 1.82. The van der Waals surface area contributed by atoms with Crippen LogP contribution in [0.5, 0.6) is 0 Å². The van der Waals surface area contributed by atoms with Crippen molar-refractivity contribution in [2.45, 2.75) is 11.8 Å². The fraction of sp³-hybridized carbons (Fsp3) is 0.0357. The van der Waals surface area contributed by atoms with E-state index in [0.717, 1.165) is 25.9 Å². The van der Waals surface area contributed by atoms with Crippen LogP contribution in [0, 0.1) is 14.1 Å². The number of halogens is 1. The summed E-state index contributed by atoms with van der Waals surface area (Å²) in [5.74, 6) is 0. The molecular weight excluding hydrogens is 589 g/mol. The predicted octanol–water partition coefficient (Wildman–Crippen LogP) is 2.56. The number of nitrogens with one attached hydrogen (secondary N) is 1. The highest BCUT2D eigenvalue weighted by molar-refractivity contribution is 7.85. The molecule has 0 unspecified atom stereocenters. The number of aryl methyl sites for hydroxylation is 1. The summed E-state index contributed by atoms with van der Waals surface area (Å²) in [4.78, 5) is 12.5. The molecule has 36 heavy (non-hydrogen) atoms. The van der Waals surface area contributed by atoms with E-state index in [4.69, 9.17) is 4.42 Å². The van der Waals surface area contributed by atoms with Crippen molar-refractivity contribution in [3.05, 3.63) is 132 Å².